The highest BCUT2D eigenvalue weighted by atomic mass is 16.6. The molecule has 3 heterocycles. The third kappa shape index (κ3) is 4.87. The fraction of sp³-hybridized carbons (Fsp3) is 0.310. The summed E-state index contributed by atoms with van der Waals surface area (Å²) in [7, 11) is 0. The minimum Gasteiger partial charge on any atom is -0.457 e. The van der Waals surface area contributed by atoms with Gasteiger partial charge in [0, 0.05) is 23.9 Å². The summed E-state index contributed by atoms with van der Waals surface area (Å²) in [5, 5.41) is 9.69. The standard InChI is InChI=1S/C29H30N4O3/c1-29(2,3)36-26(35)19-21-13-7-8-14-23(21)33-25(34)17-16-22(30-33)27-24-15-9-10-18-32(24)31-28(27)20-11-5-4-6-12-20/h4-6,9-12,15-19,23H,7-8,13-14H2,1-3H3/b21-19+. The molecule has 1 saturated carbocycles. The van der Waals surface area contributed by atoms with E-state index in [1.54, 1.807) is 18.2 Å². The van der Waals surface area contributed by atoms with Gasteiger partial charge in [0.1, 0.15) is 11.3 Å². The predicted molar refractivity (Wildman–Crippen MR) is 140 cm³/mol. The Kier molecular flexibility index (Phi) is 6.31. The molecule has 7 nitrogen and oxygen atoms in total. The number of allylic oxidation sites excluding steroid dienone is 1. The number of hydrogen-bond acceptors (Lipinski definition) is 5. The third-order valence-corrected chi connectivity index (χ3v) is 6.29. The van der Waals surface area contributed by atoms with Crippen LogP contribution in [0.4, 0.5) is 0 Å². The van der Waals surface area contributed by atoms with Crippen molar-refractivity contribution in [1.29, 1.82) is 0 Å². The molecular weight excluding hydrogens is 452 g/mol. The van der Waals surface area contributed by atoms with E-state index in [2.05, 4.69) is 0 Å². The number of nitrogens with zero attached hydrogens (tertiary/aromatic N) is 4. The summed E-state index contributed by atoms with van der Waals surface area (Å²) < 4.78 is 8.89. The highest BCUT2D eigenvalue weighted by Crippen LogP contribution is 2.36. The largest absolute Gasteiger partial charge is 0.457 e. The molecule has 0 bridgehead atoms. The SMILES string of the molecule is CC(C)(C)OC(=O)/C=C1\CCCCC1n1nc(-c2c(-c3ccccc3)nn3ccccc23)ccc1=O. The van der Waals surface area contributed by atoms with Crippen LogP contribution in [0.25, 0.3) is 28.0 Å². The van der Waals surface area contributed by atoms with E-state index in [-0.39, 0.29) is 17.6 Å². The van der Waals surface area contributed by atoms with Crippen molar-refractivity contribution in [2.75, 3.05) is 0 Å². The lowest BCUT2D eigenvalue weighted by Crippen LogP contribution is -2.30. The Morgan fingerprint density at radius 2 is 1.78 bits per heavy atom. The van der Waals surface area contributed by atoms with E-state index in [0.29, 0.717) is 5.69 Å². The summed E-state index contributed by atoms with van der Waals surface area (Å²) >= 11 is 0. The maximum Gasteiger partial charge on any atom is 0.331 e. The molecule has 0 N–H and O–H groups in total. The summed E-state index contributed by atoms with van der Waals surface area (Å²) in [4.78, 5) is 25.6. The Hall–Kier alpha value is -4.00. The number of aromatic nitrogens is 4. The maximum absolute atomic E-state index is 13.1. The summed E-state index contributed by atoms with van der Waals surface area (Å²) in [6.45, 7) is 5.54. The van der Waals surface area contributed by atoms with Crippen LogP contribution in [0.5, 0.6) is 0 Å². The van der Waals surface area contributed by atoms with Crippen molar-refractivity contribution in [3.63, 3.8) is 0 Å². The number of fused-ring (bicyclic) bond motifs is 1. The van der Waals surface area contributed by atoms with Gasteiger partial charge in [0.05, 0.1) is 22.8 Å². The van der Waals surface area contributed by atoms with Crippen LogP contribution < -0.4 is 5.56 Å². The summed E-state index contributed by atoms with van der Waals surface area (Å²) in [6, 6.07) is 18.9. The topological polar surface area (TPSA) is 78.5 Å². The average molecular weight is 483 g/mol. The van der Waals surface area contributed by atoms with E-state index in [1.165, 1.54) is 4.68 Å². The Labute approximate surface area is 210 Å². The smallest absolute Gasteiger partial charge is 0.331 e. The molecule has 184 valence electrons. The Bertz CT molecular complexity index is 1490. The van der Waals surface area contributed by atoms with E-state index >= 15 is 0 Å². The molecule has 1 aromatic carbocycles. The van der Waals surface area contributed by atoms with Crippen LogP contribution >= 0.6 is 0 Å². The predicted octanol–water partition coefficient (Wildman–Crippen LogP) is 5.61. The van der Waals surface area contributed by atoms with Gasteiger partial charge in [-0.1, -0.05) is 42.8 Å². The van der Waals surface area contributed by atoms with Crippen LogP contribution in [0.2, 0.25) is 0 Å². The van der Waals surface area contributed by atoms with Crippen LogP contribution in [-0.2, 0) is 9.53 Å². The minimum absolute atomic E-state index is 0.196. The second-order valence-electron chi connectivity index (χ2n) is 10.1. The van der Waals surface area contributed by atoms with Crippen molar-refractivity contribution in [3.8, 4) is 22.5 Å². The number of hydrogen-bond donors (Lipinski definition) is 0. The van der Waals surface area contributed by atoms with Crippen molar-refractivity contribution in [2.24, 2.45) is 0 Å². The van der Waals surface area contributed by atoms with Gasteiger partial charge in [0.25, 0.3) is 5.56 Å². The van der Waals surface area contributed by atoms with Gasteiger partial charge < -0.3 is 4.74 Å². The van der Waals surface area contributed by atoms with Crippen molar-refractivity contribution in [3.05, 3.63) is 88.9 Å². The summed E-state index contributed by atoms with van der Waals surface area (Å²) in [5.74, 6) is -0.386. The van der Waals surface area contributed by atoms with Gasteiger partial charge in [-0.25, -0.2) is 14.0 Å². The van der Waals surface area contributed by atoms with Crippen LogP contribution in [0.1, 0.15) is 52.5 Å². The van der Waals surface area contributed by atoms with Crippen molar-refractivity contribution in [2.45, 2.75) is 58.1 Å². The quantitative estimate of drug-likeness (QED) is 0.279. The maximum atomic E-state index is 13.1. The lowest BCUT2D eigenvalue weighted by Gasteiger charge is -2.27. The number of pyridine rings is 1. The average Bonchev–Trinajstić information content (AvgIpc) is 3.24. The number of esters is 1. The molecule has 5 rings (SSSR count). The number of carbonyl (C=O) groups is 1. The molecule has 7 heteroatoms. The number of rotatable bonds is 4. The van der Waals surface area contributed by atoms with Crippen LogP contribution in [0.3, 0.4) is 0 Å². The molecule has 3 aromatic heterocycles. The van der Waals surface area contributed by atoms with E-state index in [9.17, 15) is 9.59 Å². The minimum atomic E-state index is -0.579. The summed E-state index contributed by atoms with van der Waals surface area (Å²) in [5.41, 5.74) is 4.31. The Morgan fingerprint density at radius 1 is 1.00 bits per heavy atom. The Balaban J connectivity index is 1.62. The number of benzene rings is 1. The highest BCUT2D eigenvalue weighted by Gasteiger charge is 2.26. The zero-order valence-corrected chi connectivity index (χ0v) is 20.8. The lowest BCUT2D eigenvalue weighted by atomic mass is 9.89. The first-order valence-corrected chi connectivity index (χ1v) is 12.4. The molecule has 4 aromatic rings. The number of carbonyl (C=O) groups excluding carboxylic acids is 1. The monoisotopic (exact) mass is 482 g/mol. The molecule has 0 radical (unpaired) electrons. The molecule has 1 aliphatic rings. The fourth-order valence-corrected chi connectivity index (χ4v) is 4.78. The van der Waals surface area contributed by atoms with Gasteiger partial charge in [-0.05, 0) is 63.8 Å². The van der Waals surface area contributed by atoms with E-state index in [4.69, 9.17) is 14.9 Å². The van der Waals surface area contributed by atoms with Crippen LogP contribution in [-0.4, -0.2) is 31.0 Å². The zero-order chi connectivity index (χ0) is 25.3. The van der Waals surface area contributed by atoms with Gasteiger partial charge in [-0.3, -0.25) is 4.79 Å². The molecular formula is C29H30N4O3. The highest BCUT2D eigenvalue weighted by molar-refractivity contribution is 5.90. The van der Waals surface area contributed by atoms with Gasteiger partial charge in [-0.15, -0.1) is 0 Å². The first kappa shape index (κ1) is 23.7. The number of ether oxygens (including phenoxy) is 1. The molecule has 36 heavy (non-hydrogen) atoms. The first-order chi connectivity index (χ1) is 17.3. The molecule has 0 saturated heterocycles. The molecule has 0 spiro atoms. The van der Waals surface area contributed by atoms with Crippen molar-refractivity contribution < 1.29 is 9.53 Å². The van der Waals surface area contributed by atoms with Crippen LogP contribution in [0.15, 0.2) is 83.3 Å². The zero-order valence-electron chi connectivity index (χ0n) is 20.8. The molecule has 1 aliphatic carbocycles. The van der Waals surface area contributed by atoms with Crippen molar-refractivity contribution >= 4 is 11.5 Å². The fourth-order valence-electron chi connectivity index (χ4n) is 4.78. The first-order valence-electron chi connectivity index (χ1n) is 12.4. The molecule has 0 amide bonds. The van der Waals surface area contributed by atoms with Gasteiger partial charge in [-0.2, -0.15) is 10.2 Å². The van der Waals surface area contributed by atoms with E-state index in [1.807, 2.05) is 80.0 Å². The normalized spacial score (nSPS) is 17.4. The van der Waals surface area contributed by atoms with E-state index < -0.39 is 5.60 Å². The molecule has 1 atom stereocenters. The second kappa shape index (κ2) is 9.57. The Morgan fingerprint density at radius 3 is 2.56 bits per heavy atom. The second-order valence-corrected chi connectivity index (χ2v) is 10.1. The van der Waals surface area contributed by atoms with Crippen LogP contribution in [0, 0.1) is 0 Å². The summed E-state index contributed by atoms with van der Waals surface area (Å²) in [6.07, 6.45) is 6.86. The van der Waals surface area contributed by atoms with Crippen molar-refractivity contribution in [1.82, 2.24) is 19.4 Å². The molecule has 0 aliphatic heterocycles. The van der Waals surface area contributed by atoms with Gasteiger partial charge in [0.2, 0.25) is 0 Å². The van der Waals surface area contributed by atoms with Gasteiger partial charge in [0.15, 0.2) is 0 Å². The molecule has 1 unspecified atom stereocenters. The lowest BCUT2D eigenvalue weighted by molar-refractivity contribution is -0.148. The van der Waals surface area contributed by atoms with Gasteiger partial charge >= 0.3 is 5.97 Å². The molecule has 1 fully saturated rings. The van der Waals surface area contributed by atoms with E-state index in [0.717, 1.165) is 53.6 Å². The third-order valence-electron chi connectivity index (χ3n) is 6.29.